The molecule has 0 saturated carbocycles. The quantitative estimate of drug-likeness (QED) is 0.0753. The van der Waals surface area contributed by atoms with Crippen LogP contribution in [0.2, 0.25) is 0 Å². The molecule has 2 heterocycles. The third-order valence-electron chi connectivity index (χ3n) is 8.85. The van der Waals surface area contributed by atoms with E-state index in [1.807, 2.05) is 59.5 Å². The number of nitrogens with zero attached hydrogens (tertiary/aromatic N) is 3. The number of carbonyl (C=O) groups is 2. The number of amidine groups is 2. The van der Waals surface area contributed by atoms with Gasteiger partial charge < -0.3 is 25.5 Å². The Bertz CT molecular complexity index is 2050. The summed E-state index contributed by atoms with van der Waals surface area (Å²) in [6, 6.07) is 27.8. The van der Waals surface area contributed by atoms with E-state index in [1.54, 1.807) is 54.3 Å². The zero-order chi connectivity index (χ0) is 35.2. The number of hydrogen-bond acceptors (Lipinski definition) is 6. The summed E-state index contributed by atoms with van der Waals surface area (Å²) in [4.78, 5) is 38.8. The fourth-order valence-corrected chi connectivity index (χ4v) is 6.20. The molecule has 5 aromatic rings. The predicted molar refractivity (Wildman–Crippen MR) is 195 cm³/mol. The Hall–Kier alpha value is -6.23. The van der Waals surface area contributed by atoms with Gasteiger partial charge in [-0.3, -0.25) is 20.5 Å². The normalized spacial score (nSPS) is 14.1. The first kappa shape index (κ1) is 33.7. The minimum absolute atomic E-state index is 0.00272. The smallest absolute Gasteiger partial charge is 0.336 e. The molecule has 6 N–H and O–H groups in total. The van der Waals surface area contributed by atoms with Crippen LogP contribution < -0.4 is 15.4 Å². The number of piperidine rings is 1. The number of nitrogens with one attached hydrogen (secondary N) is 3. The Morgan fingerprint density at radius 2 is 1.68 bits per heavy atom. The second-order valence-corrected chi connectivity index (χ2v) is 12.2. The maximum Gasteiger partial charge on any atom is 0.336 e. The van der Waals surface area contributed by atoms with Crippen LogP contribution in [-0.4, -0.2) is 62.7 Å². The summed E-state index contributed by atoms with van der Waals surface area (Å²) >= 11 is 0. The molecule has 1 aliphatic rings. The van der Waals surface area contributed by atoms with Gasteiger partial charge in [0.1, 0.15) is 23.5 Å². The minimum Gasteiger partial charge on any atom is -0.490 e. The highest BCUT2D eigenvalue weighted by Crippen LogP contribution is 2.34. The first-order chi connectivity index (χ1) is 24.2. The van der Waals surface area contributed by atoms with Crippen LogP contribution in [0.3, 0.4) is 0 Å². The fraction of sp³-hybridized carbons (Fsp3) is 0.205. The highest BCUT2D eigenvalue weighted by atomic mass is 16.5. The Kier molecular flexibility index (Phi) is 10.0. The second kappa shape index (κ2) is 14.9. The van der Waals surface area contributed by atoms with Gasteiger partial charge in [0.15, 0.2) is 0 Å². The third kappa shape index (κ3) is 7.57. The van der Waals surface area contributed by atoms with E-state index in [-0.39, 0.29) is 23.1 Å². The van der Waals surface area contributed by atoms with Crippen molar-refractivity contribution in [2.75, 3.05) is 18.0 Å². The number of rotatable bonds is 11. The molecule has 11 heteroatoms. The van der Waals surface area contributed by atoms with E-state index in [0.717, 1.165) is 31.5 Å². The molecular formula is C39H39N7O4. The Balaban J connectivity index is 1.41. The fourth-order valence-electron chi connectivity index (χ4n) is 6.20. The van der Waals surface area contributed by atoms with Gasteiger partial charge in [-0.15, -0.1) is 0 Å². The van der Waals surface area contributed by atoms with E-state index in [2.05, 4.69) is 4.98 Å². The largest absolute Gasteiger partial charge is 0.490 e. The van der Waals surface area contributed by atoms with E-state index in [4.69, 9.17) is 26.3 Å². The van der Waals surface area contributed by atoms with E-state index < -0.39 is 17.9 Å². The Morgan fingerprint density at radius 1 is 1.00 bits per heavy atom. The molecule has 1 unspecified atom stereocenters. The molecule has 4 aromatic carbocycles. The number of nitrogens with two attached hydrogens (primary N) is 1. The zero-order valence-electron chi connectivity index (χ0n) is 27.7. The molecule has 50 heavy (non-hydrogen) atoms. The number of anilines is 1. The summed E-state index contributed by atoms with van der Waals surface area (Å²) in [6.07, 6.45) is 5.86. The van der Waals surface area contributed by atoms with Gasteiger partial charge in [-0.05, 0) is 73.5 Å². The van der Waals surface area contributed by atoms with Crippen molar-refractivity contribution in [2.45, 2.75) is 38.3 Å². The van der Waals surface area contributed by atoms with Crippen molar-refractivity contribution >= 4 is 46.3 Å². The number of benzene rings is 4. The highest BCUT2D eigenvalue weighted by molar-refractivity contribution is 6.12. The lowest BCUT2D eigenvalue weighted by Gasteiger charge is -2.33. The van der Waals surface area contributed by atoms with E-state index in [9.17, 15) is 14.7 Å². The van der Waals surface area contributed by atoms with Crippen molar-refractivity contribution in [1.29, 1.82) is 10.8 Å². The van der Waals surface area contributed by atoms with Gasteiger partial charge in [0, 0.05) is 37.2 Å². The Morgan fingerprint density at radius 3 is 2.34 bits per heavy atom. The van der Waals surface area contributed by atoms with Gasteiger partial charge in [-0.1, -0.05) is 54.6 Å². The molecule has 0 radical (unpaired) electrons. The van der Waals surface area contributed by atoms with Gasteiger partial charge in [0.05, 0.1) is 34.0 Å². The van der Waals surface area contributed by atoms with Gasteiger partial charge in [-0.2, -0.15) is 0 Å². The maximum atomic E-state index is 14.7. The van der Waals surface area contributed by atoms with E-state index >= 15 is 0 Å². The molecular weight excluding hydrogens is 630 g/mol. The maximum absolute atomic E-state index is 14.7. The van der Waals surface area contributed by atoms with Crippen LogP contribution in [0.5, 0.6) is 5.75 Å². The third-order valence-corrected chi connectivity index (χ3v) is 8.85. The number of nitrogen functional groups attached to an aromatic ring is 1. The van der Waals surface area contributed by atoms with Gasteiger partial charge in [0.25, 0.3) is 5.91 Å². The molecule has 6 rings (SSSR count). The zero-order valence-corrected chi connectivity index (χ0v) is 27.7. The van der Waals surface area contributed by atoms with Crippen molar-refractivity contribution < 1.29 is 19.4 Å². The number of aromatic carboxylic acids is 1. The van der Waals surface area contributed by atoms with Crippen molar-refractivity contribution in [3.05, 3.63) is 131 Å². The first-order valence-electron chi connectivity index (χ1n) is 16.5. The summed E-state index contributed by atoms with van der Waals surface area (Å²) < 4.78 is 6.31. The van der Waals surface area contributed by atoms with Gasteiger partial charge in [-0.25, -0.2) is 9.78 Å². The minimum atomic E-state index is -1.21. The van der Waals surface area contributed by atoms with Gasteiger partial charge in [0.2, 0.25) is 0 Å². The summed E-state index contributed by atoms with van der Waals surface area (Å²) in [7, 11) is 0. The summed E-state index contributed by atoms with van der Waals surface area (Å²) in [5, 5.41) is 25.8. The summed E-state index contributed by atoms with van der Waals surface area (Å²) in [5.41, 5.74) is 9.03. The lowest BCUT2D eigenvalue weighted by molar-refractivity contribution is 0.0691. The lowest BCUT2D eigenvalue weighted by Crippen LogP contribution is -2.40. The molecule has 1 saturated heterocycles. The molecule has 1 atom stereocenters. The van der Waals surface area contributed by atoms with Crippen LogP contribution in [0.15, 0.2) is 103 Å². The Labute approximate surface area is 290 Å². The topological polar surface area (TPSA) is 172 Å². The molecule has 1 aliphatic heterocycles. The van der Waals surface area contributed by atoms with Crippen LogP contribution in [0.1, 0.15) is 69.9 Å². The SMILES string of the molecule is CC(=N)N1CCC(Oc2ccc(N(C(=O)c3ccccc3C(=O)O)C(CC=Cc3ccccc3)c3nc4ccc(C(=N)N)cc4[nH]3)cc2)CC1. The number of aromatic nitrogens is 2. The summed E-state index contributed by atoms with van der Waals surface area (Å²) in [6.45, 7) is 3.31. The molecule has 1 fully saturated rings. The van der Waals surface area contributed by atoms with Crippen LogP contribution in [0.4, 0.5) is 5.69 Å². The number of carboxylic acids is 1. The number of fused-ring (bicyclic) bond motifs is 1. The van der Waals surface area contributed by atoms with E-state index in [0.29, 0.717) is 46.1 Å². The van der Waals surface area contributed by atoms with Crippen molar-refractivity contribution in [1.82, 2.24) is 14.9 Å². The van der Waals surface area contributed by atoms with Gasteiger partial charge >= 0.3 is 5.97 Å². The predicted octanol–water partition coefficient (Wildman–Crippen LogP) is 6.88. The number of carbonyl (C=O) groups excluding carboxylic acids is 1. The average molecular weight is 670 g/mol. The molecule has 1 amide bonds. The number of carboxylic acid groups (broad SMARTS) is 1. The molecule has 0 bridgehead atoms. The van der Waals surface area contributed by atoms with Crippen molar-refractivity contribution in [3.8, 4) is 5.75 Å². The highest BCUT2D eigenvalue weighted by Gasteiger charge is 2.32. The second-order valence-electron chi connectivity index (χ2n) is 12.2. The van der Waals surface area contributed by atoms with Crippen LogP contribution in [0, 0.1) is 10.8 Å². The van der Waals surface area contributed by atoms with E-state index in [1.165, 1.54) is 12.1 Å². The molecule has 0 spiro atoms. The number of amides is 1. The monoisotopic (exact) mass is 669 g/mol. The van der Waals surface area contributed by atoms with Crippen molar-refractivity contribution in [3.63, 3.8) is 0 Å². The number of ether oxygens (including phenoxy) is 1. The van der Waals surface area contributed by atoms with Crippen LogP contribution >= 0.6 is 0 Å². The first-order valence-corrected chi connectivity index (χ1v) is 16.5. The number of likely N-dealkylation sites (tertiary alicyclic amines) is 1. The molecule has 0 aliphatic carbocycles. The van der Waals surface area contributed by atoms with Crippen molar-refractivity contribution in [2.24, 2.45) is 5.73 Å². The number of aromatic amines is 1. The number of H-pyrrole nitrogens is 1. The number of hydrogen-bond donors (Lipinski definition) is 5. The van der Waals surface area contributed by atoms with Crippen LogP contribution in [0.25, 0.3) is 17.1 Å². The van der Waals surface area contributed by atoms with Crippen LogP contribution in [-0.2, 0) is 0 Å². The summed E-state index contributed by atoms with van der Waals surface area (Å²) in [5.74, 6) is -0.104. The molecule has 1 aromatic heterocycles. The number of imidazole rings is 1. The lowest BCUT2D eigenvalue weighted by atomic mass is 10.0. The standard InChI is InChI=1S/C39H39N7O4/c1-25(40)45-22-20-30(21-23-45)50-29-17-15-28(16-18-29)46(38(47)31-11-5-6-12-32(31)39(48)49)35(13-7-10-26-8-3-2-4-9-26)37-43-33-19-14-27(36(41)42)24-34(33)44-37/h2-12,14-19,24,30,35,40H,13,20-23H2,1H3,(H3,41,42)(H,43,44)(H,48,49). The molecule has 254 valence electrons. The molecule has 11 nitrogen and oxygen atoms in total. The average Bonchev–Trinajstić information content (AvgIpc) is 3.56.